The van der Waals surface area contributed by atoms with Gasteiger partial charge in [-0.2, -0.15) is 0 Å². The number of benzene rings is 2. The summed E-state index contributed by atoms with van der Waals surface area (Å²) in [5, 5.41) is 37.9. The number of phenolic OH excluding ortho intramolecular Hbond substituents is 2. The minimum Gasteiger partial charge on any atom is -0.508 e. The molecule has 0 aliphatic heterocycles. The number of thioether (sulfide) groups is 1. The maximum absolute atomic E-state index is 13.8. The first kappa shape index (κ1) is 21.2. The predicted molar refractivity (Wildman–Crippen MR) is 110 cm³/mol. The fraction of sp³-hybridized carbons (Fsp3) is 0.150. The lowest BCUT2D eigenvalue weighted by Gasteiger charge is -2.05. The third kappa shape index (κ3) is 6.24. The molecule has 0 aliphatic rings. The molecule has 0 atom stereocenters. The van der Waals surface area contributed by atoms with Gasteiger partial charge < -0.3 is 20.6 Å². The number of hydrogen-bond donors (Lipinski definition) is 4. The van der Waals surface area contributed by atoms with E-state index < -0.39 is 11.9 Å². The Kier molecular flexibility index (Phi) is 6.91. The van der Waals surface area contributed by atoms with E-state index in [4.69, 9.17) is 5.11 Å². The van der Waals surface area contributed by atoms with Crippen LogP contribution in [0.3, 0.4) is 0 Å². The Morgan fingerprint density at radius 2 is 1.97 bits per heavy atom. The Bertz CT molecular complexity index is 1050. The highest BCUT2D eigenvalue weighted by Gasteiger charge is 2.08. The smallest absolute Gasteiger partial charge is 0.404 e. The second kappa shape index (κ2) is 9.79. The van der Waals surface area contributed by atoms with Gasteiger partial charge in [-0.25, -0.2) is 13.9 Å². The molecule has 4 N–H and O–H groups in total. The van der Waals surface area contributed by atoms with Gasteiger partial charge in [0.15, 0.2) is 0 Å². The van der Waals surface area contributed by atoms with Crippen LogP contribution in [0.15, 0.2) is 65.5 Å². The summed E-state index contributed by atoms with van der Waals surface area (Å²) in [7, 11) is 0. The molecule has 0 aliphatic carbocycles. The molecule has 0 saturated carbocycles. The van der Waals surface area contributed by atoms with Gasteiger partial charge in [0.05, 0.1) is 12.7 Å². The summed E-state index contributed by atoms with van der Waals surface area (Å²) in [6.45, 7) is 0.362. The van der Waals surface area contributed by atoms with Gasteiger partial charge in [0.1, 0.15) is 23.0 Å². The molecule has 0 fully saturated rings. The molecule has 1 amide bonds. The molecule has 3 aromatic rings. The summed E-state index contributed by atoms with van der Waals surface area (Å²) >= 11 is 1.30. The largest absolute Gasteiger partial charge is 0.508 e. The van der Waals surface area contributed by atoms with Crippen molar-refractivity contribution in [2.24, 2.45) is 0 Å². The Morgan fingerprint density at radius 3 is 2.70 bits per heavy atom. The number of carboxylic acid groups (broad SMARTS) is 1. The first-order valence-electron chi connectivity index (χ1n) is 8.85. The van der Waals surface area contributed by atoms with Crippen molar-refractivity contribution >= 4 is 17.9 Å². The molecule has 8 nitrogen and oxygen atoms in total. The molecular weight excluding hydrogens is 411 g/mol. The van der Waals surface area contributed by atoms with Gasteiger partial charge in [-0.1, -0.05) is 17.3 Å². The third-order valence-corrected chi connectivity index (χ3v) is 4.94. The van der Waals surface area contributed by atoms with Crippen LogP contribution in [0.5, 0.6) is 11.5 Å². The quantitative estimate of drug-likeness (QED) is 0.403. The van der Waals surface area contributed by atoms with Crippen molar-refractivity contribution in [2.75, 3.05) is 12.3 Å². The first-order valence-corrected chi connectivity index (χ1v) is 9.84. The summed E-state index contributed by atoms with van der Waals surface area (Å²) < 4.78 is 15.4. The standard InChI is InChI=1S/C20H19FN4O4S/c21-15(4-5-22-20(28)29)12-30-18-3-1-2-13(6-18)10-25-11-19(23-24-25)14-7-16(26)9-17(27)8-14/h1-4,6-9,11,22,26-27H,5,10,12H2,(H,28,29). The van der Waals surface area contributed by atoms with Crippen molar-refractivity contribution in [1.82, 2.24) is 20.3 Å². The maximum Gasteiger partial charge on any atom is 0.404 e. The van der Waals surface area contributed by atoms with Crippen LogP contribution in [-0.2, 0) is 6.54 Å². The zero-order valence-corrected chi connectivity index (χ0v) is 16.5. The fourth-order valence-electron chi connectivity index (χ4n) is 2.63. The highest BCUT2D eigenvalue weighted by Crippen LogP contribution is 2.27. The molecule has 30 heavy (non-hydrogen) atoms. The number of rotatable bonds is 8. The topological polar surface area (TPSA) is 120 Å². The van der Waals surface area contributed by atoms with E-state index in [-0.39, 0.29) is 23.8 Å². The number of amides is 1. The third-order valence-electron chi connectivity index (χ3n) is 3.93. The lowest BCUT2D eigenvalue weighted by Crippen LogP contribution is -2.20. The fourth-order valence-corrected chi connectivity index (χ4v) is 3.46. The molecule has 1 aromatic heterocycles. The second-order valence-electron chi connectivity index (χ2n) is 6.31. The lowest BCUT2D eigenvalue weighted by atomic mass is 10.1. The van der Waals surface area contributed by atoms with Crippen molar-refractivity contribution in [3.63, 3.8) is 0 Å². The second-order valence-corrected chi connectivity index (χ2v) is 7.36. The van der Waals surface area contributed by atoms with Gasteiger partial charge >= 0.3 is 6.09 Å². The first-order chi connectivity index (χ1) is 14.4. The molecule has 0 radical (unpaired) electrons. The molecule has 156 valence electrons. The maximum atomic E-state index is 13.8. The van der Waals surface area contributed by atoms with Crippen LogP contribution in [0.2, 0.25) is 0 Å². The van der Waals surface area contributed by atoms with Crippen molar-refractivity contribution in [3.05, 3.63) is 66.1 Å². The summed E-state index contributed by atoms with van der Waals surface area (Å²) in [5.74, 6) is -0.442. The predicted octanol–water partition coefficient (Wildman–Crippen LogP) is 3.62. The van der Waals surface area contributed by atoms with Crippen LogP contribution in [0.25, 0.3) is 11.3 Å². The number of aromatic hydroxyl groups is 2. The van der Waals surface area contributed by atoms with Gasteiger partial charge in [0.25, 0.3) is 0 Å². The zero-order valence-electron chi connectivity index (χ0n) is 15.7. The Labute approximate surface area is 175 Å². The van der Waals surface area contributed by atoms with E-state index in [1.807, 2.05) is 24.3 Å². The monoisotopic (exact) mass is 430 g/mol. The number of nitrogens with zero attached hydrogens (tertiary/aromatic N) is 3. The minimum absolute atomic E-state index is 0.0655. The summed E-state index contributed by atoms with van der Waals surface area (Å²) in [6, 6.07) is 11.7. The SMILES string of the molecule is O=C(O)NCC=C(F)CSc1cccc(Cn2cc(-c3cc(O)cc(O)c3)nn2)c1. The van der Waals surface area contributed by atoms with Gasteiger partial charge in [-0.05, 0) is 35.9 Å². The van der Waals surface area contributed by atoms with Gasteiger partial charge in [0, 0.05) is 28.8 Å². The molecule has 1 heterocycles. The highest BCUT2D eigenvalue weighted by atomic mass is 32.2. The average Bonchev–Trinajstić information content (AvgIpc) is 3.14. The zero-order chi connectivity index (χ0) is 21.5. The van der Waals surface area contributed by atoms with E-state index in [0.717, 1.165) is 10.5 Å². The van der Waals surface area contributed by atoms with E-state index in [1.165, 1.54) is 36.0 Å². The summed E-state index contributed by atoms with van der Waals surface area (Å²) in [5.41, 5.74) is 1.99. The number of aromatic nitrogens is 3. The van der Waals surface area contributed by atoms with Crippen LogP contribution in [0.4, 0.5) is 9.18 Å². The normalized spacial score (nSPS) is 11.4. The van der Waals surface area contributed by atoms with Gasteiger partial charge in [-0.15, -0.1) is 16.9 Å². The van der Waals surface area contributed by atoms with Crippen LogP contribution >= 0.6 is 11.8 Å². The molecule has 0 spiro atoms. The number of carbonyl (C=O) groups is 1. The molecule has 3 rings (SSSR count). The van der Waals surface area contributed by atoms with Crippen LogP contribution in [0, 0.1) is 0 Å². The van der Waals surface area contributed by atoms with Crippen molar-refractivity contribution < 1.29 is 24.5 Å². The average molecular weight is 430 g/mol. The molecule has 10 heteroatoms. The van der Waals surface area contributed by atoms with Crippen molar-refractivity contribution in [2.45, 2.75) is 11.4 Å². The molecule has 2 aromatic carbocycles. The van der Waals surface area contributed by atoms with Crippen molar-refractivity contribution in [3.8, 4) is 22.8 Å². The molecule has 0 bridgehead atoms. The number of phenols is 2. The number of halogens is 1. The Balaban J connectivity index is 1.62. The Morgan fingerprint density at radius 1 is 1.20 bits per heavy atom. The number of hydrogen-bond acceptors (Lipinski definition) is 6. The van der Waals surface area contributed by atoms with E-state index in [9.17, 15) is 19.4 Å². The van der Waals surface area contributed by atoms with Crippen LogP contribution in [0.1, 0.15) is 5.56 Å². The number of nitrogens with one attached hydrogen (secondary N) is 1. The van der Waals surface area contributed by atoms with E-state index in [1.54, 1.807) is 10.9 Å². The highest BCUT2D eigenvalue weighted by molar-refractivity contribution is 7.99. The minimum atomic E-state index is -1.20. The lowest BCUT2D eigenvalue weighted by molar-refractivity contribution is 0.195. The van der Waals surface area contributed by atoms with Crippen LogP contribution in [-0.4, -0.2) is 48.7 Å². The van der Waals surface area contributed by atoms with Gasteiger partial charge in [0.2, 0.25) is 0 Å². The van der Waals surface area contributed by atoms with Crippen LogP contribution < -0.4 is 5.32 Å². The van der Waals surface area contributed by atoms with E-state index in [0.29, 0.717) is 17.8 Å². The summed E-state index contributed by atoms with van der Waals surface area (Å²) in [4.78, 5) is 11.2. The van der Waals surface area contributed by atoms with Gasteiger partial charge in [-0.3, -0.25) is 0 Å². The molecule has 0 saturated heterocycles. The molecule has 0 unspecified atom stereocenters. The Hall–Kier alpha value is -3.53. The molecular formula is C20H19FN4O4S. The van der Waals surface area contributed by atoms with E-state index >= 15 is 0 Å². The summed E-state index contributed by atoms with van der Waals surface area (Å²) in [6.07, 6.45) is 1.70. The van der Waals surface area contributed by atoms with E-state index in [2.05, 4.69) is 15.6 Å². The van der Waals surface area contributed by atoms with Crippen molar-refractivity contribution in [1.29, 1.82) is 0 Å².